The van der Waals surface area contributed by atoms with Crippen molar-refractivity contribution in [2.24, 2.45) is 0 Å². The van der Waals surface area contributed by atoms with E-state index < -0.39 is 0 Å². The van der Waals surface area contributed by atoms with Crippen molar-refractivity contribution in [1.29, 1.82) is 0 Å². The molecule has 8 nitrogen and oxygen atoms in total. The molecule has 2 heterocycles. The van der Waals surface area contributed by atoms with Gasteiger partial charge in [-0.3, -0.25) is 9.20 Å². The summed E-state index contributed by atoms with van der Waals surface area (Å²) in [6.07, 6.45) is 1.84. The average molecular weight is 380 g/mol. The number of benzene rings is 1. The number of aromatic nitrogens is 3. The van der Waals surface area contributed by atoms with Crippen molar-refractivity contribution in [2.45, 2.75) is 26.8 Å². The van der Waals surface area contributed by atoms with Gasteiger partial charge in [-0.15, -0.1) is 10.2 Å². The zero-order valence-corrected chi connectivity index (χ0v) is 16.4. The Morgan fingerprint density at radius 1 is 1.11 bits per heavy atom. The third-order valence-electron chi connectivity index (χ3n) is 4.54. The lowest BCUT2D eigenvalue weighted by Gasteiger charge is -2.21. The molecule has 2 aromatic heterocycles. The molecule has 3 amide bonds. The lowest BCUT2D eigenvalue weighted by Crippen LogP contribution is -2.42. The van der Waals surface area contributed by atoms with Crippen molar-refractivity contribution in [3.05, 3.63) is 59.5 Å². The number of urea groups is 1. The predicted octanol–water partition coefficient (Wildman–Crippen LogP) is 2.69. The number of amides is 3. The maximum Gasteiger partial charge on any atom is 0.318 e. The second-order valence-electron chi connectivity index (χ2n) is 6.83. The van der Waals surface area contributed by atoms with Crippen LogP contribution in [0.4, 0.5) is 10.5 Å². The zero-order chi connectivity index (χ0) is 20.3. The molecule has 3 rings (SSSR count). The summed E-state index contributed by atoms with van der Waals surface area (Å²) in [4.78, 5) is 26.2. The SMILES string of the molecule is Cc1cccc(C)c1NC(=O)CN(C)C(=O)N[C@@H](C)c1nnc2ccccn12. The van der Waals surface area contributed by atoms with Crippen LogP contribution in [0.2, 0.25) is 0 Å². The Morgan fingerprint density at radius 3 is 2.54 bits per heavy atom. The van der Waals surface area contributed by atoms with E-state index >= 15 is 0 Å². The normalized spacial score (nSPS) is 11.9. The quantitative estimate of drug-likeness (QED) is 0.712. The molecule has 0 saturated heterocycles. The van der Waals surface area contributed by atoms with Crippen LogP contribution in [-0.2, 0) is 4.79 Å². The van der Waals surface area contributed by atoms with Crippen LogP contribution >= 0.6 is 0 Å². The minimum atomic E-state index is -0.367. The van der Waals surface area contributed by atoms with Gasteiger partial charge in [-0.25, -0.2) is 4.79 Å². The molecule has 3 aromatic rings. The molecular weight excluding hydrogens is 356 g/mol. The largest absolute Gasteiger partial charge is 0.328 e. The second kappa shape index (κ2) is 8.08. The number of likely N-dealkylation sites (N-methyl/N-ethyl adjacent to an activating group) is 1. The van der Waals surface area contributed by atoms with E-state index in [9.17, 15) is 9.59 Å². The molecule has 0 aliphatic rings. The van der Waals surface area contributed by atoms with E-state index in [4.69, 9.17) is 0 Å². The molecule has 8 heteroatoms. The molecule has 0 saturated carbocycles. The Kier molecular flexibility index (Phi) is 5.58. The van der Waals surface area contributed by atoms with E-state index in [1.54, 1.807) is 7.05 Å². The molecule has 2 N–H and O–H groups in total. The lowest BCUT2D eigenvalue weighted by atomic mass is 10.1. The maximum absolute atomic E-state index is 12.5. The highest BCUT2D eigenvalue weighted by molar-refractivity contribution is 5.95. The summed E-state index contributed by atoms with van der Waals surface area (Å²) in [5.74, 6) is 0.368. The molecule has 146 valence electrons. The Morgan fingerprint density at radius 2 is 1.82 bits per heavy atom. The molecule has 0 aliphatic heterocycles. The number of pyridine rings is 1. The molecule has 0 radical (unpaired) electrons. The first-order chi connectivity index (χ1) is 13.4. The van der Waals surface area contributed by atoms with Gasteiger partial charge >= 0.3 is 6.03 Å². The Labute approximate surface area is 163 Å². The number of para-hydroxylation sites is 1. The smallest absolute Gasteiger partial charge is 0.318 e. The van der Waals surface area contributed by atoms with Gasteiger partial charge in [-0.2, -0.15) is 0 Å². The first-order valence-electron chi connectivity index (χ1n) is 9.04. The maximum atomic E-state index is 12.5. The molecule has 0 aliphatic carbocycles. The van der Waals surface area contributed by atoms with E-state index in [0.29, 0.717) is 11.5 Å². The molecule has 1 aromatic carbocycles. The molecular formula is C20H24N6O2. The molecule has 1 atom stereocenters. The van der Waals surface area contributed by atoms with Crippen LogP contribution in [0.1, 0.15) is 29.9 Å². The highest BCUT2D eigenvalue weighted by Crippen LogP contribution is 2.19. The summed E-state index contributed by atoms with van der Waals surface area (Å²) < 4.78 is 1.82. The van der Waals surface area contributed by atoms with Gasteiger partial charge in [0.15, 0.2) is 11.5 Å². The van der Waals surface area contributed by atoms with E-state index in [-0.39, 0.29) is 24.5 Å². The van der Waals surface area contributed by atoms with Gasteiger partial charge in [0.05, 0.1) is 6.04 Å². The number of fused-ring (bicyclic) bond motifs is 1. The standard InChI is InChI=1S/C20H24N6O2/c1-13-8-7-9-14(2)18(13)22-17(27)12-25(4)20(28)21-15(3)19-24-23-16-10-5-6-11-26(16)19/h5-11,15H,12H2,1-4H3,(H,21,28)(H,22,27)/t15-/m0/s1. The summed E-state index contributed by atoms with van der Waals surface area (Å²) in [5, 5.41) is 14.0. The highest BCUT2D eigenvalue weighted by Gasteiger charge is 2.19. The average Bonchev–Trinajstić information content (AvgIpc) is 3.09. The number of anilines is 1. The monoisotopic (exact) mass is 380 g/mol. The van der Waals surface area contributed by atoms with E-state index in [2.05, 4.69) is 20.8 Å². The first-order valence-corrected chi connectivity index (χ1v) is 9.04. The van der Waals surface area contributed by atoms with Crippen LogP contribution in [0.5, 0.6) is 0 Å². The fourth-order valence-corrected chi connectivity index (χ4v) is 2.99. The van der Waals surface area contributed by atoms with Crippen LogP contribution < -0.4 is 10.6 Å². The number of aryl methyl sites for hydroxylation is 2. The van der Waals surface area contributed by atoms with Crippen molar-refractivity contribution in [3.63, 3.8) is 0 Å². The summed E-state index contributed by atoms with van der Waals surface area (Å²) in [6.45, 7) is 5.63. The third-order valence-corrected chi connectivity index (χ3v) is 4.54. The number of carbonyl (C=O) groups is 2. The number of hydrogen-bond acceptors (Lipinski definition) is 4. The predicted molar refractivity (Wildman–Crippen MR) is 107 cm³/mol. The lowest BCUT2D eigenvalue weighted by molar-refractivity contribution is -0.116. The summed E-state index contributed by atoms with van der Waals surface area (Å²) in [7, 11) is 1.58. The molecule has 0 unspecified atom stereocenters. The summed E-state index contributed by atoms with van der Waals surface area (Å²) >= 11 is 0. The number of rotatable bonds is 5. The van der Waals surface area contributed by atoms with Gasteiger partial charge < -0.3 is 15.5 Å². The van der Waals surface area contributed by atoms with Crippen LogP contribution in [0.15, 0.2) is 42.6 Å². The van der Waals surface area contributed by atoms with Crippen LogP contribution in [0.25, 0.3) is 5.65 Å². The second-order valence-corrected chi connectivity index (χ2v) is 6.83. The Hall–Kier alpha value is -3.42. The van der Waals surface area contributed by atoms with Crippen LogP contribution in [-0.4, -0.2) is 45.0 Å². The number of nitrogens with zero attached hydrogens (tertiary/aromatic N) is 4. The highest BCUT2D eigenvalue weighted by atomic mass is 16.2. The Bertz CT molecular complexity index is 993. The van der Waals surface area contributed by atoms with Crippen LogP contribution in [0, 0.1) is 13.8 Å². The molecule has 0 bridgehead atoms. The van der Waals surface area contributed by atoms with Crippen molar-refractivity contribution in [2.75, 3.05) is 18.9 Å². The van der Waals surface area contributed by atoms with Crippen molar-refractivity contribution in [1.82, 2.24) is 24.8 Å². The van der Waals surface area contributed by atoms with Gasteiger partial charge in [-0.1, -0.05) is 24.3 Å². The van der Waals surface area contributed by atoms with Gasteiger partial charge in [-0.05, 0) is 44.0 Å². The van der Waals surface area contributed by atoms with E-state index in [1.807, 2.05) is 67.8 Å². The van der Waals surface area contributed by atoms with Gasteiger partial charge in [0.2, 0.25) is 5.91 Å². The number of hydrogen-bond donors (Lipinski definition) is 2. The van der Waals surface area contributed by atoms with Gasteiger partial charge in [0.25, 0.3) is 0 Å². The topological polar surface area (TPSA) is 91.6 Å². The molecule has 28 heavy (non-hydrogen) atoms. The minimum Gasteiger partial charge on any atom is -0.328 e. The van der Waals surface area contributed by atoms with Crippen molar-refractivity contribution in [3.8, 4) is 0 Å². The van der Waals surface area contributed by atoms with E-state index in [1.165, 1.54) is 4.90 Å². The fourth-order valence-electron chi connectivity index (χ4n) is 2.99. The summed E-state index contributed by atoms with van der Waals surface area (Å²) in [6, 6.07) is 10.7. The first kappa shape index (κ1) is 19.3. The molecule has 0 fully saturated rings. The summed E-state index contributed by atoms with van der Waals surface area (Å²) in [5.41, 5.74) is 3.45. The van der Waals surface area contributed by atoms with Crippen LogP contribution in [0.3, 0.4) is 0 Å². The zero-order valence-electron chi connectivity index (χ0n) is 16.4. The molecule has 0 spiro atoms. The third kappa shape index (κ3) is 4.11. The van der Waals surface area contributed by atoms with Gasteiger partial charge in [0.1, 0.15) is 6.54 Å². The number of nitrogens with one attached hydrogen (secondary N) is 2. The fraction of sp³-hybridized carbons (Fsp3) is 0.300. The van der Waals surface area contributed by atoms with Crippen molar-refractivity contribution >= 4 is 23.3 Å². The Balaban J connectivity index is 1.60. The number of carbonyl (C=O) groups excluding carboxylic acids is 2. The minimum absolute atomic E-state index is 0.0626. The van der Waals surface area contributed by atoms with Crippen molar-refractivity contribution < 1.29 is 9.59 Å². The van der Waals surface area contributed by atoms with Gasteiger partial charge in [0, 0.05) is 18.9 Å². The van der Waals surface area contributed by atoms with E-state index in [0.717, 1.165) is 16.8 Å².